The third kappa shape index (κ3) is 1.83. The molecule has 0 bridgehead atoms. The molecule has 0 spiro atoms. The molecular weight excluding hydrogens is 196 g/mol. The largest absolute Gasteiger partial charge is 0.330 e. The van der Waals surface area contributed by atoms with E-state index in [1.807, 2.05) is 6.07 Å². The third-order valence-electron chi connectivity index (χ3n) is 1.87. The molecule has 0 aliphatic heterocycles. The van der Waals surface area contributed by atoms with Gasteiger partial charge < -0.3 is 5.73 Å². The van der Waals surface area contributed by atoms with Gasteiger partial charge in [0.2, 0.25) is 0 Å². The van der Waals surface area contributed by atoms with E-state index in [4.69, 9.17) is 5.73 Å². The van der Waals surface area contributed by atoms with Gasteiger partial charge in [-0.15, -0.1) is 11.3 Å². The van der Waals surface area contributed by atoms with Gasteiger partial charge in [-0.2, -0.15) is 5.10 Å². The first kappa shape index (κ1) is 9.36. The molecule has 2 aromatic heterocycles. The van der Waals surface area contributed by atoms with Crippen LogP contribution in [0, 0.1) is 6.92 Å². The fourth-order valence-electron chi connectivity index (χ4n) is 1.21. The van der Waals surface area contributed by atoms with E-state index in [0.29, 0.717) is 6.54 Å². The molecule has 2 heterocycles. The average Bonchev–Trinajstić information content (AvgIpc) is 2.74. The predicted molar refractivity (Wildman–Crippen MR) is 57.2 cm³/mol. The number of H-pyrrole nitrogens is 1. The molecule has 2 aromatic rings. The second kappa shape index (κ2) is 3.89. The zero-order chi connectivity index (χ0) is 9.97. The number of rotatable bonds is 3. The molecule has 0 amide bonds. The highest BCUT2D eigenvalue weighted by Crippen LogP contribution is 2.24. The molecule has 0 aliphatic carbocycles. The normalized spacial score (nSPS) is 10.7. The number of thiophene rings is 1. The highest BCUT2D eigenvalue weighted by molar-refractivity contribution is 7.15. The average molecular weight is 208 g/mol. The first-order chi connectivity index (χ1) is 6.79. The van der Waals surface area contributed by atoms with Crippen molar-refractivity contribution in [3.05, 3.63) is 22.8 Å². The Morgan fingerprint density at radius 1 is 1.50 bits per heavy atom. The van der Waals surface area contributed by atoms with E-state index in [1.165, 1.54) is 4.88 Å². The Labute approximate surface area is 86.2 Å². The van der Waals surface area contributed by atoms with E-state index in [2.05, 4.69) is 28.2 Å². The van der Waals surface area contributed by atoms with Gasteiger partial charge in [0.1, 0.15) is 5.82 Å². The highest BCUT2D eigenvalue weighted by Gasteiger charge is 2.06. The van der Waals surface area contributed by atoms with Crippen LogP contribution in [-0.4, -0.2) is 21.7 Å². The maximum Gasteiger partial charge on any atom is 0.191 e. The summed E-state index contributed by atoms with van der Waals surface area (Å²) in [6, 6.07) is 4.11. The van der Waals surface area contributed by atoms with E-state index in [1.54, 1.807) is 11.3 Å². The molecule has 0 atom stereocenters. The zero-order valence-electron chi connectivity index (χ0n) is 7.95. The van der Waals surface area contributed by atoms with Crippen molar-refractivity contribution in [3.8, 4) is 10.7 Å². The fraction of sp³-hybridized carbons (Fsp3) is 0.333. The van der Waals surface area contributed by atoms with Gasteiger partial charge in [-0.05, 0) is 25.6 Å². The summed E-state index contributed by atoms with van der Waals surface area (Å²) in [6.45, 7) is 2.67. The van der Waals surface area contributed by atoms with Crippen LogP contribution in [0.1, 0.15) is 10.7 Å². The van der Waals surface area contributed by atoms with Crippen LogP contribution in [0.15, 0.2) is 12.1 Å². The van der Waals surface area contributed by atoms with Crippen LogP contribution in [-0.2, 0) is 6.42 Å². The lowest BCUT2D eigenvalue weighted by molar-refractivity contribution is 0.874. The molecule has 0 aliphatic rings. The van der Waals surface area contributed by atoms with Gasteiger partial charge in [-0.3, -0.25) is 5.10 Å². The van der Waals surface area contributed by atoms with Crippen molar-refractivity contribution in [2.45, 2.75) is 13.3 Å². The van der Waals surface area contributed by atoms with Crippen molar-refractivity contribution in [2.24, 2.45) is 5.73 Å². The molecule has 0 unspecified atom stereocenters. The lowest BCUT2D eigenvalue weighted by Crippen LogP contribution is -2.03. The molecule has 0 radical (unpaired) electrons. The minimum absolute atomic E-state index is 0.595. The van der Waals surface area contributed by atoms with E-state index in [9.17, 15) is 0 Å². The molecule has 0 fully saturated rings. The number of aromatic amines is 1. The molecule has 0 aromatic carbocycles. The van der Waals surface area contributed by atoms with Crippen LogP contribution in [0.25, 0.3) is 10.7 Å². The van der Waals surface area contributed by atoms with Crippen LogP contribution in [0.4, 0.5) is 0 Å². The summed E-state index contributed by atoms with van der Waals surface area (Å²) in [5.74, 6) is 1.63. The minimum Gasteiger partial charge on any atom is -0.330 e. The third-order valence-corrected chi connectivity index (χ3v) is 2.87. The second-order valence-corrected chi connectivity index (χ2v) is 4.34. The molecule has 0 saturated carbocycles. The van der Waals surface area contributed by atoms with Crippen molar-refractivity contribution in [3.63, 3.8) is 0 Å². The van der Waals surface area contributed by atoms with Crippen molar-refractivity contribution < 1.29 is 0 Å². The summed E-state index contributed by atoms with van der Waals surface area (Å²) in [6.07, 6.45) is 0.747. The van der Waals surface area contributed by atoms with Gasteiger partial charge in [0.05, 0.1) is 4.88 Å². The predicted octanol–water partition coefficient (Wildman–Crippen LogP) is 1.34. The van der Waals surface area contributed by atoms with Gasteiger partial charge >= 0.3 is 0 Å². The molecule has 3 N–H and O–H groups in total. The first-order valence-electron chi connectivity index (χ1n) is 4.48. The molecule has 0 saturated heterocycles. The summed E-state index contributed by atoms with van der Waals surface area (Å²) >= 11 is 1.70. The number of nitrogens with one attached hydrogen (secondary N) is 1. The van der Waals surface area contributed by atoms with Crippen LogP contribution in [0.2, 0.25) is 0 Å². The van der Waals surface area contributed by atoms with Crippen molar-refractivity contribution in [1.82, 2.24) is 15.2 Å². The number of aryl methyl sites for hydroxylation is 1. The van der Waals surface area contributed by atoms with Gasteiger partial charge in [-0.1, -0.05) is 0 Å². The topological polar surface area (TPSA) is 67.6 Å². The summed E-state index contributed by atoms with van der Waals surface area (Å²) < 4.78 is 0. The Hall–Kier alpha value is -1.20. The highest BCUT2D eigenvalue weighted by atomic mass is 32.1. The number of hydrogen-bond acceptors (Lipinski definition) is 4. The van der Waals surface area contributed by atoms with Gasteiger partial charge in [0.25, 0.3) is 0 Å². The second-order valence-electron chi connectivity index (χ2n) is 3.05. The maximum absolute atomic E-state index is 5.43. The van der Waals surface area contributed by atoms with E-state index < -0.39 is 0 Å². The Kier molecular flexibility index (Phi) is 2.60. The number of nitrogens with two attached hydrogens (primary N) is 1. The van der Waals surface area contributed by atoms with E-state index in [-0.39, 0.29) is 0 Å². The number of aromatic nitrogens is 3. The number of nitrogens with zero attached hydrogens (tertiary/aromatic N) is 2. The quantitative estimate of drug-likeness (QED) is 0.800. The van der Waals surface area contributed by atoms with Crippen LogP contribution >= 0.6 is 11.3 Å². The molecule has 74 valence electrons. The van der Waals surface area contributed by atoms with Crippen molar-refractivity contribution >= 4 is 11.3 Å². The minimum atomic E-state index is 0.595. The summed E-state index contributed by atoms with van der Waals surface area (Å²) in [7, 11) is 0. The van der Waals surface area contributed by atoms with E-state index >= 15 is 0 Å². The zero-order valence-corrected chi connectivity index (χ0v) is 8.77. The molecule has 4 nitrogen and oxygen atoms in total. The Balaban J connectivity index is 2.24. The smallest absolute Gasteiger partial charge is 0.191 e. The molecule has 14 heavy (non-hydrogen) atoms. The number of hydrogen-bond donors (Lipinski definition) is 2. The fourth-order valence-corrected chi connectivity index (χ4v) is 2.01. The standard InChI is InChI=1S/C9H12N4S/c1-6-2-3-7(14-6)9-11-8(4-5-10)12-13-9/h2-3H,4-5,10H2,1H3,(H,11,12,13). The van der Waals surface area contributed by atoms with Crippen LogP contribution in [0.3, 0.4) is 0 Å². The maximum atomic E-state index is 5.43. The van der Waals surface area contributed by atoms with E-state index in [0.717, 1.165) is 22.9 Å². The first-order valence-corrected chi connectivity index (χ1v) is 5.29. The molecule has 5 heteroatoms. The monoisotopic (exact) mass is 208 g/mol. The van der Waals surface area contributed by atoms with Gasteiger partial charge in [-0.25, -0.2) is 4.98 Å². The van der Waals surface area contributed by atoms with Crippen molar-refractivity contribution in [1.29, 1.82) is 0 Å². The molecular formula is C9H12N4S. The Bertz CT molecular complexity index is 418. The Morgan fingerprint density at radius 3 is 3.00 bits per heavy atom. The summed E-state index contributed by atoms with van der Waals surface area (Å²) in [4.78, 5) is 6.72. The van der Waals surface area contributed by atoms with Crippen LogP contribution < -0.4 is 5.73 Å². The Morgan fingerprint density at radius 2 is 2.36 bits per heavy atom. The molecule has 2 rings (SSSR count). The van der Waals surface area contributed by atoms with Gasteiger partial charge in [0.15, 0.2) is 5.82 Å². The summed E-state index contributed by atoms with van der Waals surface area (Å²) in [5, 5.41) is 7.02. The van der Waals surface area contributed by atoms with Crippen LogP contribution in [0.5, 0.6) is 0 Å². The SMILES string of the molecule is Cc1ccc(-c2n[nH]c(CCN)n2)s1. The summed E-state index contributed by atoms with van der Waals surface area (Å²) in [5.41, 5.74) is 5.43. The van der Waals surface area contributed by atoms with Crippen molar-refractivity contribution in [2.75, 3.05) is 6.54 Å². The lowest BCUT2D eigenvalue weighted by atomic mass is 10.4. The lowest BCUT2D eigenvalue weighted by Gasteiger charge is -1.87. The van der Waals surface area contributed by atoms with Gasteiger partial charge in [0, 0.05) is 11.3 Å².